The van der Waals surface area contributed by atoms with E-state index < -0.39 is 15.8 Å². The molecule has 0 bridgehead atoms. The fourth-order valence-electron chi connectivity index (χ4n) is 1.73. The molecule has 1 atom stereocenters. The molecule has 0 aliphatic rings. The minimum Gasteiger partial charge on any atom is -0.313 e. The van der Waals surface area contributed by atoms with E-state index in [-0.39, 0.29) is 16.9 Å². The summed E-state index contributed by atoms with van der Waals surface area (Å²) in [6.07, 6.45) is 0.992. The van der Waals surface area contributed by atoms with Crippen LogP contribution in [0.5, 0.6) is 0 Å². The van der Waals surface area contributed by atoms with Gasteiger partial charge in [0.15, 0.2) is 0 Å². The molecule has 0 fully saturated rings. The molecule has 0 aliphatic heterocycles. The monoisotopic (exact) mass is 316 g/mol. The van der Waals surface area contributed by atoms with Gasteiger partial charge in [-0.1, -0.05) is 26.8 Å². The molecule has 2 N–H and O–H groups in total. The third-order valence-corrected chi connectivity index (χ3v) is 4.97. The molecular formula is C15H25FN2O2S. The Morgan fingerprint density at radius 2 is 1.90 bits per heavy atom. The molecule has 120 valence electrons. The quantitative estimate of drug-likeness (QED) is 0.725. The van der Waals surface area contributed by atoms with Crippen molar-refractivity contribution in [2.75, 3.05) is 6.54 Å². The molecule has 0 spiro atoms. The molecular weight excluding hydrogens is 291 g/mol. The lowest BCUT2D eigenvalue weighted by molar-refractivity contribution is 0.473. The van der Waals surface area contributed by atoms with Gasteiger partial charge in [0.25, 0.3) is 0 Å². The van der Waals surface area contributed by atoms with Gasteiger partial charge in [0, 0.05) is 12.6 Å². The maximum atomic E-state index is 14.1. The van der Waals surface area contributed by atoms with Crippen LogP contribution >= 0.6 is 0 Å². The van der Waals surface area contributed by atoms with Crippen LogP contribution < -0.4 is 10.0 Å². The summed E-state index contributed by atoms with van der Waals surface area (Å²) >= 11 is 0. The second-order valence-corrected chi connectivity index (χ2v) is 7.28. The molecule has 0 aliphatic carbocycles. The second-order valence-electron chi connectivity index (χ2n) is 5.60. The summed E-state index contributed by atoms with van der Waals surface area (Å²) in [6.45, 7) is 9.00. The third-order valence-electron chi connectivity index (χ3n) is 3.38. The van der Waals surface area contributed by atoms with Crippen molar-refractivity contribution in [3.8, 4) is 0 Å². The summed E-state index contributed by atoms with van der Waals surface area (Å²) in [7, 11) is -3.82. The summed E-state index contributed by atoms with van der Waals surface area (Å²) in [5.74, 6) is -0.574. The number of halogens is 1. The van der Waals surface area contributed by atoms with E-state index in [4.69, 9.17) is 0 Å². The van der Waals surface area contributed by atoms with Gasteiger partial charge in [0.1, 0.15) is 10.7 Å². The first-order chi connectivity index (χ1) is 9.77. The summed E-state index contributed by atoms with van der Waals surface area (Å²) < 4.78 is 40.9. The molecule has 0 saturated heterocycles. The minimum absolute atomic E-state index is 0.139. The van der Waals surface area contributed by atoms with Crippen molar-refractivity contribution < 1.29 is 12.8 Å². The lowest BCUT2D eigenvalue weighted by Gasteiger charge is -2.18. The number of hydrogen-bond donors (Lipinski definition) is 2. The molecule has 0 heterocycles. The van der Waals surface area contributed by atoms with Gasteiger partial charge in [-0.05, 0) is 43.5 Å². The van der Waals surface area contributed by atoms with Gasteiger partial charge in [-0.15, -0.1) is 0 Å². The van der Waals surface area contributed by atoms with E-state index in [0.29, 0.717) is 6.54 Å². The Labute approximate surface area is 127 Å². The summed E-state index contributed by atoms with van der Waals surface area (Å²) in [5.41, 5.74) is 0.733. The average molecular weight is 316 g/mol. The molecule has 0 saturated carbocycles. The van der Waals surface area contributed by atoms with Crippen LogP contribution in [0.15, 0.2) is 23.1 Å². The molecule has 1 unspecified atom stereocenters. The predicted octanol–water partition coefficient (Wildman–Crippen LogP) is 2.65. The van der Waals surface area contributed by atoms with Gasteiger partial charge < -0.3 is 5.32 Å². The summed E-state index contributed by atoms with van der Waals surface area (Å²) in [6, 6.07) is 3.99. The number of hydrogen-bond acceptors (Lipinski definition) is 3. The second kappa shape index (κ2) is 7.87. The van der Waals surface area contributed by atoms with Crippen LogP contribution in [0.1, 0.15) is 39.7 Å². The summed E-state index contributed by atoms with van der Waals surface area (Å²) in [4.78, 5) is -0.297. The first-order valence-electron chi connectivity index (χ1n) is 7.29. The smallest absolute Gasteiger partial charge is 0.243 e. The highest BCUT2D eigenvalue weighted by molar-refractivity contribution is 7.89. The van der Waals surface area contributed by atoms with Crippen LogP contribution in [0.4, 0.5) is 4.39 Å². The Morgan fingerprint density at radius 3 is 2.43 bits per heavy atom. The lowest BCUT2D eigenvalue weighted by Crippen LogP contribution is -2.36. The van der Waals surface area contributed by atoms with Crippen molar-refractivity contribution in [3.63, 3.8) is 0 Å². The Bertz CT molecular complexity index is 559. The van der Waals surface area contributed by atoms with Crippen LogP contribution in [-0.4, -0.2) is 21.0 Å². The zero-order chi connectivity index (χ0) is 16.0. The Kier molecular flexibility index (Phi) is 6.77. The van der Waals surface area contributed by atoms with Crippen molar-refractivity contribution >= 4 is 10.0 Å². The van der Waals surface area contributed by atoms with Crippen molar-refractivity contribution in [1.29, 1.82) is 0 Å². The lowest BCUT2D eigenvalue weighted by atomic mass is 10.1. The zero-order valence-electron chi connectivity index (χ0n) is 13.1. The van der Waals surface area contributed by atoms with Crippen molar-refractivity contribution in [2.24, 2.45) is 5.92 Å². The highest BCUT2D eigenvalue weighted by Crippen LogP contribution is 2.17. The topological polar surface area (TPSA) is 58.2 Å². The SMILES string of the molecule is CCCNCc1ccc(S(=O)(=O)NC(C)C(C)C)c(F)c1. The fraction of sp³-hybridized carbons (Fsp3) is 0.600. The maximum absolute atomic E-state index is 14.1. The number of nitrogens with one attached hydrogen (secondary N) is 2. The van der Waals surface area contributed by atoms with Crippen LogP contribution in [0.2, 0.25) is 0 Å². The molecule has 6 heteroatoms. The fourth-order valence-corrected chi connectivity index (χ4v) is 3.18. The molecule has 0 aromatic heterocycles. The standard InChI is InChI=1S/C15H25FN2O2S/c1-5-8-17-10-13-6-7-15(14(16)9-13)21(19,20)18-12(4)11(2)3/h6-7,9,11-12,17-18H,5,8,10H2,1-4H3. The molecule has 1 aromatic carbocycles. The van der Waals surface area contributed by atoms with E-state index in [0.717, 1.165) is 18.5 Å². The van der Waals surface area contributed by atoms with Crippen LogP contribution in [0.3, 0.4) is 0 Å². The predicted molar refractivity (Wildman–Crippen MR) is 83.0 cm³/mol. The van der Waals surface area contributed by atoms with Gasteiger partial charge in [0.2, 0.25) is 10.0 Å². The van der Waals surface area contributed by atoms with E-state index in [1.165, 1.54) is 12.1 Å². The van der Waals surface area contributed by atoms with Crippen molar-refractivity contribution in [3.05, 3.63) is 29.6 Å². The molecule has 21 heavy (non-hydrogen) atoms. The summed E-state index contributed by atoms with van der Waals surface area (Å²) in [5, 5.41) is 3.15. The molecule has 1 aromatic rings. The Balaban J connectivity index is 2.88. The molecule has 0 amide bonds. The highest BCUT2D eigenvalue weighted by atomic mass is 32.2. The van der Waals surface area contributed by atoms with Gasteiger partial charge in [-0.3, -0.25) is 0 Å². The first kappa shape index (κ1) is 18.1. The van der Waals surface area contributed by atoms with Gasteiger partial charge in [-0.2, -0.15) is 0 Å². The molecule has 1 rings (SSSR count). The van der Waals surface area contributed by atoms with Gasteiger partial charge >= 0.3 is 0 Å². The van der Waals surface area contributed by atoms with Crippen molar-refractivity contribution in [1.82, 2.24) is 10.0 Å². The van der Waals surface area contributed by atoms with E-state index in [9.17, 15) is 12.8 Å². The first-order valence-corrected chi connectivity index (χ1v) is 8.77. The number of sulfonamides is 1. The van der Waals surface area contributed by atoms with Gasteiger partial charge in [0.05, 0.1) is 0 Å². The van der Waals surface area contributed by atoms with E-state index >= 15 is 0 Å². The maximum Gasteiger partial charge on any atom is 0.243 e. The van der Waals surface area contributed by atoms with E-state index in [1.807, 2.05) is 20.8 Å². The minimum atomic E-state index is -3.82. The molecule has 4 nitrogen and oxygen atoms in total. The van der Waals surface area contributed by atoms with Gasteiger partial charge in [-0.25, -0.2) is 17.5 Å². The zero-order valence-corrected chi connectivity index (χ0v) is 13.9. The van der Waals surface area contributed by atoms with Crippen LogP contribution in [0.25, 0.3) is 0 Å². The Morgan fingerprint density at radius 1 is 1.24 bits per heavy atom. The highest BCUT2D eigenvalue weighted by Gasteiger charge is 2.22. The third kappa shape index (κ3) is 5.37. The normalized spacial score (nSPS) is 13.6. The van der Waals surface area contributed by atoms with Crippen molar-refractivity contribution in [2.45, 2.75) is 51.6 Å². The largest absolute Gasteiger partial charge is 0.313 e. The van der Waals surface area contributed by atoms with E-state index in [2.05, 4.69) is 10.0 Å². The van der Waals surface area contributed by atoms with Crippen LogP contribution in [-0.2, 0) is 16.6 Å². The van der Waals surface area contributed by atoms with E-state index in [1.54, 1.807) is 13.0 Å². The van der Waals surface area contributed by atoms with Crippen LogP contribution in [0, 0.1) is 11.7 Å². The average Bonchev–Trinajstić information content (AvgIpc) is 2.38. The Hall–Kier alpha value is -0.980. The number of benzene rings is 1. The number of rotatable bonds is 8. The molecule has 0 radical (unpaired) electrons.